The second-order valence-corrected chi connectivity index (χ2v) is 5.18. The number of aromatic nitrogens is 1. The Morgan fingerprint density at radius 3 is 2.90 bits per heavy atom. The van der Waals surface area contributed by atoms with Crippen molar-refractivity contribution in [2.24, 2.45) is 0 Å². The molecule has 0 fully saturated rings. The van der Waals surface area contributed by atoms with Gasteiger partial charge in [-0.25, -0.2) is 4.39 Å². The van der Waals surface area contributed by atoms with E-state index in [0.29, 0.717) is 16.8 Å². The van der Waals surface area contributed by atoms with Crippen LogP contribution in [0.4, 0.5) is 10.1 Å². The van der Waals surface area contributed by atoms with Crippen LogP contribution in [-0.2, 0) is 6.61 Å². The summed E-state index contributed by atoms with van der Waals surface area (Å²) in [6.45, 7) is 3.34. The number of ether oxygens (including phenoxy) is 1. The molecule has 0 radical (unpaired) electrons. The average molecular weight is 339 g/mol. The van der Waals surface area contributed by atoms with Crippen LogP contribution in [0.3, 0.4) is 0 Å². The van der Waals surface area contributed by atoms with Gasteiger partial charge < -0.3 is 10.1 Å². The van der Waals surface area contributed by atoms with Crippen molar-refractivity contribution in [1.29, 1.82) is 0 Å². The van der Waals surface area contributed by atoms with Gasteiger partial charge in [-0.1, -0.05) is 6.92 Å². The van der Waals surface area contributed by atoms with E-state index in [-0.39, 0.29) is 5.82 Å². The first kappa shape index (κ1) is 14.8. The van der Waals surface area contributed by atoms with E-state index in [9.17, 15) is 4.39 Å². The lowest BCUT2D eigenvalue weighted by Crippen LogP contribution is -2.03. The third kappa shape index (κ3) is 4.20. The van der Waals surface area contributed by atoms with Crippen molar-refractivity contribution in [3.8, 4) is 5.75 Å². The normalized spacial score (nSPS) is 10.3. The van der Waals surface area contributed by atoms with E-state index in [0.717, 1.165) is 24.3 Å². The predicted octanol–water partition coefficient (Wildman–Crippen LogP) is 4.38. The summed E-state index contributed by atoms with van der Waals surface area (Å²) in [6.07, 6.45) is 2.80. The topological polar surface area (TPSA) is 34.2 Å². The molecule has 1 aromatic heterocycles. The molecule has 2 aromatic rings. The Morgan fingerprint density at radius 2 is 2.15 bits per heavy atom. The van der Waals surface area contributed by atoms with E-state index in [1.165, 1.54) is 6.07 Å². The molecule has 0 aliphatic carbocycles. The molecule has 0 atom stereocenters. The van der Waals surface area contributed by atoms with Crippen LogP contribution < -0.4 is 10.1 Å². The highest BCUT2D eigenvalue weighted by molar-refractivity contribution is 9.10. The molecule has 106 valence electrons. The van der Waals surface area contributed by atoms with Gasteiger partial charge in [-0.05, 0) is 46.6 Å². The number of rotatable bonds is 6. The molecule has 0 aliphatic heterocycles. The molecule has 0 spiro atoms. The van der Waals surface area contributed by atoms with Crippen molar-refractivity contribution in [2.75, 3.05) is 11.9 Å². The maximum atomic E-state index is 13.4. The zero-order valence-electron chi connectivity index (χ0n) is 11.2. The molecule has 2 rings (SSSR count). The van der Waals surface area contributed by atoms with Crippen LogP contribution in [-0.4, -0.2) is 11.5 Å². The lowest BCUT2D eigenvalue weighted by Gasteiger charge is -2.09. The summed E-state index contributed by atoms with van der Waals surface area (Å²) in [7, 11) is 0. The predicted molar refractivity (Wildman–Crippen MR) is 81.4 cm³/mol. The second kappa shape index (κ2) is 7.24. The van der Waals surface area contributed by atoms with Gasteiger partial charge in [0.25, 0.3) is 0 Å². The lowest BCUT2D eigenvalue weighted by molar-refractivity contribution is 0.299. The summed E-state index contributed by atoms with van der Waals surface area (Å²) in [5.41, 5.74) is 1.82. The van der Waals surface area contributed by atoms with Crippen LogP contribution >= 0.6 is 15.9 Å². The van der Waals surface area contributed by atoms with E-state index < -0.39 is 0 Å². The summed E-state index contributed by atoms with van der Waals surface area (Å²) in [6, 6.07) is 8.54. The summed E-state index contributed by atoms with van der Waals surface area (Å²) in [5.74, 6) is 0.147. The molecule has 5 heteroatoms. The molecule has 0 saturated heterocycles. The van der Waals surface area contributed by atoms with Crippen molar-refractivity contribution in [2.45, 2.75) is 20.0 Å². The largest absolute Gasteiger partial charge is 0.487 e. The van der Waals surface area contributed by atoms with E-state index in [1.54, 1.807) is 18.3 Å². The summed E-state index contributed by atoms with van der Waals surface area (Å²) < 4.78 is 19.3. The number of nitrogens with one attached hydrogen (secondary N) is 1. The number of hydrogen-bond acceptors (Lipinski definition) is 3. The van der Waals surface area contributed by atoms with E-state index in [1.807, 2.05) is 12.1 Å². The van der Waals surface area contributed by atoms with E-state index >= 15 is 0 Å². The first-order chi connectivity index (χ1) is 9.69. The Kier molecular flexibility index (Phi) is 5.35. The standard InChI is InChI=1S/C15H16BrFN2O/c1-2-6-18-11-5-7-19-12(8-11)10-20-13-3-4-14(16)15(17)9-13/h3-5,7-9H,2,6,10H2,1H3,(H,18,19). The SMILES string of the molecule is CCCNc1ccnc(COc2ccc(Br)c(F)c2)c1. The van der Waals surface area contributed by atoms with Gasteiger partial charge in [-0.3, -0.25) is 4.98 Å². The molecular formula is C15H16BrFN2O. The Hall–Kier alpha value is -1.62. The van der Waals surface area contributed by atoms with Gasteiger partial charge in [-0.2, -0.15) is 0 Å². The molecule has 20 heavy (non-hydrogen) atoms. The van der Waals surface area contributed by atoms with Crippen molar-refractivity contribution in [3.05, 3.63) is 52.5 Å². The number of benzene rings is 1. The van der Waals surface area contributed by atoms with Gasteiger partial charge in [-0.15, -0.1) is 0 Å². The third-order valence-electron chi connectivity index (χ3n) is 2.67. The number of anilines is 1. The molecule has 1 heterocycles. The van der Waals surface area contributed by atoms with E-state index in [4.69, 9.17) is 4.74 Å². The first-order valence-corrected chi connectivity index (χ1v) is 7.25. The van der Waals surface area contributed by atoms with Crippen molar-refractivity contribution in [3.63, 3.8) is 0 Å². The Balaban J connectivity index is 1.97. The quantitative estimate of drug-likeness (QED) is 0.848. The number of halogens is 2. The molecule has 0 amide bonds. The highest BCUT2D eigenvalue weighted by Gasteiger charge is 2.03. The van der Waals surface area contributed by atoms with Crippen LogP contribution in [0.5, 0.6) is 5.75 Å². The fraction of sp³-hybridized carbons (Fsp3) is 0.267. The van der Waals surface area contributed by atoms with Gasteiger partial charge in [0, 0.05) is 24.5 Å². The molecule has 0 bridgehead atoms. The maximum absolute atomic E-state index is 13.4. The van der Waals surface area contributed by atoms with Crippen molar-refractivity contribution < 1.29 is 9.13 Å². The number of hydrogen-bond donors (Lipinski definition) is 1. The minimum Gasteiger partial charge on any atom is -0.487 e. The highest BCUT2D eigenvalue weighted by atomic mass is 79.9. The van der Waals surface area contributed by atoms with Crippen LogP contribution in [0, 0.1) is 5.82 Å². The molecule has 0 saturated carbocycles. The highest BCUT2D eigenvalue weighted by Crippen LogP contribution is 2.21. The zero-order chi connectivity index (χ0) is 14.4. The average Bonchev–Trinajstić information content (AvgIpc) is 2.47. The second-order valence-electron chi connectivity index (χ2n) is 4.33. The molecule has 0 unspecified atom stereocenters. The maximum Gasteiger partial charge on any atom is 0.141 e. The fourth-order valence-corrected chi connectivity index (χ4v) is 1.91. The molecule has 3 nitrogen and oxygen atoms in total. The van der Waals surface area contributed by atoms with Crippen LogP contribution in [0.2, 0.25) is 0 Å². The molecule has 0 aliphatic rings. The molecular weight excluding hydrogens is 323 g/mol. The summed E-state index contributed by atoms with van der Waals surface area (Å²) in [4.78, 5) is 4.23. The summed E-state index contributed by atoms with van der Waals surface area (Å²) >= 11 is 3.11. The van der Waals surface area contributed by atoms with E-state index in [2.05, 4.69) is 33.2 Å². The summed E-state index contributed by atoms with van der Waals surface area (Å²) in [5, 5.41) is 3.29. The number of pyridine rings is 1. The fourth-order valence-electron chi connectivity index (χ4n) is 1.66. The molecule has 1 N–H and O–H groups in total. The Morgan fingerprint density at radius 1 is 1.30 bits per heavy atom. The van der Waals surface area contributed by atoms with Crippen LogP contribution in [0.15, 0.2) is 41.0 Å². The Bertz CT molecular complexity index is 578. The molecule has 1 aromatic carbocycles. The number of nitrogens with zero attached hydrogens (tertiary/aromatic N) is 1. The van der Waals surface area contributed by atoms with Crippen LogP contribution in [0.25, 0.3) is 0 Å². The smallest absolute Gasteiger partial charge is 0.141 e. The zero-order valence-corrected chi connectivity index (χ0v) is 12.8. The minimum absolute atomic E-state index is 0.308. The van der Waals surface area contributed by atoms with Crippen molar-refractivity contribution in [1.82, 2.24) is 4.98 Å². The van der Waals surface area contributed by atoms with Gasteiger partial charge in [0.1, 0.15) is 18.2 Å². The minimum atomic E-state index is -0.339. The van der Waals surface area contributed by atoms with Crippen LogP contribution in [0.1, 0.15) is 19.0 Å². The van der Waals surface area contributed by atoms with Gasteiger partial charge in [0.15, 0.2) is 0 Å². The third-order valence-corrected chi connectivity index (χ3v) is 3.32. The van der Waals surface area contributed by atoms with Gasteiger partial charge >= 0.3 is 0 Å². The van der Waals surface area contributed by atoms with Gasteiger partial charge in [0.2, 0.25) is 0 Å². The lowest BCUT2D eigenvalue weighted by atomic mass is 10.3. The Labute approximate surface area is 126 Å². The van der Waals surface area contributed by atoms with Crippen molar-refractivity contribution >= 4 is 21.6 Å². The first-order valence-electron chi connectivity index (χ1n) is 6.45. The monoisotopic (exact) mass is 338 g/mol. The van der Waals surface area contributed by atoms with Gasteiger partial charge in [0.05, 0.1) is 10.2 Å².